The van der Waals surface area contributed by atoms with Crippen molar-refractivity contribution in [3.05, 3.63) is 174 Å². The molecule has 12 rings (SSSR count). The average Bonchev–Trinajstić information content (AvgIpc) is 3.52. The molecule has 264 valence electrons. The Morgan fingerprint density at radius 2 is 1.04 bits per heavy atom. The van der Waals surface area contributed by atoms with Gasteiger partial charge in [0.05, 0.1) is 23.0 Å². The van der Waals surface area contributed by atoms with Crippen LogP contribution in [0.3, 0.4) is 0 Å². The number of nitrogens with zero attached hydrogens (tertiary/aromatic N) is 2. The van der Waals surface area contributed by atoms with Crippen LogP contribution in [0.5, 0.6) is 0 Å². The van der Waals surface area contributed by atoms with Crippen LogP contribution in [0.1, 0.15) is 54.4 Å². The van der Waals surface area contributed by atoms with Crippen molar-refractivity contribution >= 4 is 0 Å². The fourth-order valence-corrected chi connectivity index (χ4v) is 11.7. The maximum Gasteiger partial charge on any atom is 0.0998 e. The summed E-state index contributed by atoms with van der Waals surface area (Å²) in [6, 6.07) is 57.8. The van der Waals surface area contributed by atoms with E-state index in [4.69, 9.17) is 4.98 Å². The first-order valence-electron chi connectivity index (χ1n) is 20.1. The summed E-state index contributed by atoms with van der Waals surface area (Å²) in [5.41, 5.74) is 19.0. The summed E-state index contributed by atoms with van der Waals surface area (Å²) in [5, 5.41) is 10.0. The van der Waals surface area contributed by atoms with Crippen molar-refractivity contribution in [2.24, 2.45) is 23.7 Å². The van der Waals surface area contributed by atoms with Crippen LogP contribution in [-0.4, -0.2) is 4.98 Å². The van der Waals surface area contributed by atoms with Gasteiger partial charge in [-0.05, 0) is 161 Å². The van der Waals surface area contributed by atoms with E-state index in [0.29, 0.717) is 11.8 Å². The fourth-order valence-electron chi connectivity index (χ4n) is 11.7. The SMILES string of the molecule is Cc1cccc(-c2cc(-c3cccc(-c4ccc5c(c4)-c4cc(-c6ccccc6C#N)ccc4C54C5CC6CC(C5)CC4C6)c3)cc(-c3ccccc3)n2)c1. The summed E-state index contributed by atoms with van der Waals surface area (Å²) in [6.45, 7) is 2.14. The third-order valence-corrected chi connectivity index (χ3v) is 13.7. The van der Waals surface area contributed by atoms with E-state index >= 15 is 0 Å². The molecule has 6 aromatic carbocycles. The molecule has 2 heteroatoms. The van der Waals surface area contributed by atoms with Gasteiger partial charge in [-0.1, -0.05) is 115 Å². The molecule has 5 aliphatic carbocycles. The van der Waals surface area contributed by atoms with Gasteiger partial charge < -0.3 is 0 Å². The van der Waals surface area contributed by atoms with Gasteiger partial charge in [0.1, 0.15) is 0 Å². The summed E-state index contributed by atoms with van der Waals surface area (Å²) in [4.78, 5) is 5.18. The van der Waals surface area contributed by atoms with E-state index in [-0.39, 0.29) is 5.41 Å². The molecule has 0 aliphatic heterocycles. The summed E-state index contributed by atoms with van der Waals surface area (Å²) in [6.07, 6.45) is 6.87. The second-order valence-electron chi connectivity index (χ2n) is 16.8. The molecule has 0 unspecified atom stereocenters. The first-order valence-corrected chi connectivity index (χ1v) is 20.1. The number of fused-ring (bicyclic) bond motifs is 3. The molecule has 0 amide bonds. The topological polar surface area (TPSA) is 36.7 Å². The number of benzene rings is 6. The Hall–Kier alpha value is -6.04. The van der Waals surface area contributed by atoms with Crippen molar-refractivity contribution < 1.29 is 0 Å². The van der Waals surface area contributed by atoms with E-state index in [1.165, 1.54) is 71.0 Å². The van der Waals surface area contributed by atoms with Gasteiger partial charge in [0.2, 0.25) is 0 Å². The van der Waals surface area contributed by atoms with E-state index in [9.17, 15) is 5.26 Å². The molecule has 4 saturated carbocycles. The second-order valence-corrected chi connectivity index (χ2v) is 16.8. The molecule has 1 aromatic heterocycles. The Morgan fingerprint density at radius 3 is 1.75 bits per heavy atom. The number of hydrogen-bond acceptors (Lipinski definition) is 2. The third kappa shape index (κ3) is 5.10. The van der Waals surface area contributed by atoms with E-state index in [2.05, 4.69) is 153 Å². The summed E-state index contributed by atoms with van der Waals surface area (Å²) >= 11 is 0. The number of rotatable bonds is 5. The Bertz CT molecular complexity index is 2670. The molecule has 1 spiro atoms. The fraction of sp³-hybridized carbons (Fsp3) is 0.208. The van der Waals surface area contributed by atoms with E-state index in [1.807, 2.05) is 12.1 Å². The summed E-state index contributed by atoms with van der Waals surface area (Å²) in [5.74, 6) is 3.18. The Labute approximate surface area is 324 Å². The van der Waals surface area contributed by atoms with Gasteiger partial charge in [-0.25, -0.2) is 4.98 Å². The molecule has 1 heterocycles. The van der Waals surface area contributed by atoms with Crippen LogP contribution in [-0.2, 0) is 5.41 Å². The third-order valence-electron chi connectivity index (χ3n) is 13.7. The zero-order valence-electron chi connectivity index (χ0n) is 31.2. The lowest BCUT2D eigenvalue weighted by Gasteiger charge is -2.61. The molecule has 4 fully saturated rings. The molecule has 55 heavy (non-hydrogen) atoms. The molecule has 0 radical (unpaired) electrons. The first-order chi connectivity index (χ1) is 27.0. The summed E-state index contributed by atoms with van der Waals surface area (Å²) < 4.78 is 0. The van der Waals surface area contributed by atoms with Gasteiger partial charge in [-0.3, -0.25) is 0 Å². The van der Waals surface area contributed by atoms with E-state index in [0.717, 1.165) is 56.6 Å². The zero-order chi connectivity index (χ0) is 36.7. The number of hydrogen-bond donors (Lipinski definition) is 0. The molecule has 7 aromatic rings. The van der Waals surface area contributed by atoms with Crippen molar-refractivity contribution in [2.75, 3.05) is 0 Å². The average molecular weight is 707 g/mol. The summed E-state index contributed by atoms with van der Waals surface area (Å²) in [7, 11) is 0. The quantitative estimate of drug-likeness (QED) is 0.179. The second kappa shape index (κ2) is 12.5. The maximum absolute atomic E-state index is 10.0. The highest BCUT2D eigenvalue weighted by Crippen LogP contribution is 2.69. The van der Waals surface area contributed by atoms with E-state index in [1.54, 1.807) is 5.56 Å². The Morgan fingerprint density at radius 1 is 0.473 bits per heavy atom. The van der Waals surface area contributed by atoms with Gasteiger partial charge in [0, 0.05) is 16.5 Å². The largest absolute Gasteiger partial charge is 0.248 e. The van der Waals surface area contributed by atoms with Crippen molar-refractivity contribution in [1.82, 2.24) is 4.98 Å². The minimum atomic E-state index is 0.0861. The highest BCUT2D eigenvalue weighted by molar-refractivity contribution is 5.89. The number of aryl methyl sites for hydroxylation is 1. The lowest BCUT2D eigenvalue weighted by molar-refractivity contribution is -0.0399. The number of pyridine rings is 1. The standard InChI is InChI=1S/C53H42N2/c1-33-9-7-15-41(21-33)52-31-43(30-51(55-52)36-10-3-2-4-11-36)38-14-8-13-37(27-38)39-17-19-49-47(28-39)48-29-40(46-16-6-5-12-42(46)32-54)18-20-50(48)53(49)44-23-34-22-35(25-44)26-45(53)24-34/h2-21,27-31,34-35,44-45H,22-26H2,1H3. The van der Waals surface area contributed by atoms with Crippen molar-refractivity contribution in [3.8, 4) is 73.1 Å². The van der Waals surface area contributed by atoms with Crippen LogP contribution in [0, 0.1) is 41.9 Å². The molecule has 5 aliphatic rings. The number of aromatic nitrogens is 1. The molecule has 2 nitrogen and oxygen atoms in total. The predicted octanol–water partition coefficient (Wildman–Crippen LogP) is 13.3. The van der Waals surface area contributed by atoms with Crippen molar-refractivity contribution in [3.63, 3.8) is 0 Å². The molecule has 4 bridgehead atoms. The van der Waals surface area contributed by atoms with Crippen LogP contribution in [0.2, 0.25) is 0 Å². The Kier molecular flexibility index (Phi) is 7.37. The normalized spacial score (nSPS) is 22.7. The number of nitriles is 1. The minimum Gasteiger partial charge on any atom is -0.248 e. The lowest BCUT2D eigenvalue weighted by atomic mass is 9.43. The molecule has 0 N–H and O–H groups in total. The van der Waals surface area contributed by atoms with E-state index < -0.39 is 0 Å². The zero-order valence-corrected chi connectivity index (χ0v) is 31.2. The van der Waals surface area contributed by atoms with Crippen LogP contribution >= 0.6 is 0 Å². The Balaban J connectivity index is 1.06. The minimum absolute atomic E-state index is 0.0861. The first kappa shape index (κ1) is 32.4. The van der Waals surface area contributed by atoms with Gasteiger partial charge >= 0.3 is 0 Å². The smallest absolute Gasteiger partial charge is 0.0998 e. The van der Waals surface area contributed by atoms with Gasteiger partial charge in [-0.2, -0.15) is 5.26 Å². The molecular weight excluding hydrogens is 665 g/mol. The maximum atomic E-state index is 10.0. The monoisotopic (exact) mass is 706 g/mol. The van der Waals surface area contributed by atoms with Crippen molar-refractivity contribution in [2.45, 2.75) is 44.4 Å². The van der Waals surface area contributed by atoms with Crippen LogP contribution in [0.4, 0.5) is 0 Å². The highest BCUT2D eigenvalue weighted by Gasteiger charge is 2.61. The van der Waals surface area contributed by atoms with Gasteiger partial charge in [0.15, 0.2) is 0 Å². The molecule has 0 atom stereocenters. The van der Waals surface area contributed by atoms with Gasteiger partial charge in [0.25, 0.3) is 0 Å². The lowest BCUT2D eigenvalue weighted by Crippen LogP contribution is -2.55. The molecule has 0 saturated heterocycles. The highest BCUT2D eigenvalue weighted by atomic mass is 14.7. The molecular formula is C53H42N2. The van der Waals surface area contributed by atoms with Crippen LogP contribution < -0.4 is 0 Å². The van der Waals surface area contributed by atoms with Crippen LogP contribution in [0.25, 0.3) is 67.0 Å². The van der Waals surface area contributed by atoms with Gasteiger partial charge in [-0.15, -0.1) is 0 Å². The van der Waals surface area contributed by atoms with Crippen LogP contribution in [0.15, 0.2) is 152 Å². The predicted molar refractivity (Wildman–Crippen MR) is 224 cm³/mol. The van der Waals surface area contributed by atoms with Crippen molar-refractivity contribution in [1.29, 1.82) is 5.26 Å².